The quantitative estimate of drug-likeness (QED) is 0.520. The van der Waals surface area contributed by atoms with Gasteiger partial charge in [0.25, 0.3) is 0 Å². The van der Waals surface area contributed by atoms with Crippen LogP contribution >= 0.6 is 0 Å². The molecule has 0 aliphatic heterocycles. The Morgan fingerprint density at radius 1 is 1.00 bits per heavy atom. The number of nitrogens with two attached hydrogens (primary N) is 1. The fourth-order valence-corrected chi connectivity index (χ4v) is 3.04. The van der Waals surface area contributed by atoms with E-state index in [2.05, 4.69) is 20.3 Å². The molecule has 2 heterocycles. The van der Waals surface area contributed by atoms with E-state index in [0.717, 1.165) is 29.0 Å². The van der Waals surface area contributed by atoms with E-state index in [0.29, 0.717) is 23.9 Å². The summed E-state index contributed by atoms with van der Waals surface area (Å²) in [5, 5.41) is 2.98. The lowest BCUT2D eigenvalue weighted by Crippen LogP contribution is -2.09. The van der Waals surface area contributed by atoms with Gasteiger partial charge in [-0.2, -0.15) is 23.1 Å². The van der Waals surface area contributed by atoms with Crippen LogP contribution in [0.15, 0.2) is 54.6 Å². The second-order valence-electron chi connectivity index (χ2n) is 6.38. The number of benzene rings is 2. The number of aryl methyl sites for hydroxylation is 1. The Morgan fingerprint density at radius 3 is 2.41 bits per heavy atom. The number of para-hydroxylation sites is 2. The number of rotatable bonds is 4. The van der Waals surface area contributed by atoms with Gasteiger partial charge in [0.15, 0.2) is 0 Å². The van der Waals surface area contributed by atoms with E-state index >= 15 is 0 Å². The van der Waals surface area contributed by atoms with Gasteiger partial charge < -0.3 is 11.1 Å². The zero-order valence-electron chi connectivity index (χ0n) is 15.4. The highest BCUT2D eigenvalue weighted by Crippen LogP contribution is 2.30. The highest BCUT2D eigenvalue weighted by Gasteiger charge is 2.29. The van der Waals surface area contributed by atoms with Gasteiger partial charge in [-0.25, -0.2) is 4.98 Å². The minimum atomic E-state index is -4.38. The summed E-state index contributed by atoms with van der Waals surface area (Å²) in [6.07, 6.45) is -3.72. The van der Waals surface area contributed by atoms with Crippen LogP contribution < -0.4 is 11.1 Å². The molecule has 0 saturated carbocycles. The highest BCUT2D eigenvalue weighted by molar-refractivity contribution is 5.77. The van der Waals surface area contributed by atoms with Crippen LogP contribution in [-0.4, -0.2) is 19.5 Å². The van der Waals surface area contributed by atoms with Gasteiger partial charge in [-0.05, 0) is 36.4 Å². The van der Waals surface area contributed by atoms with E-state index in [4.69, 9.17) is 5.73 Å². The predicted molar refractivity (Wildman–Crippen MR) is 105 cm³/mol. The number of aromatic nitrogens is 4. The van der Waals surface area contributed by atoms with E-state index in [-0.39, 0.29) is 5.82 Å². The van der Waals surface area contributed by atoms with Gasteiger partial charge in [0.2, 0.25) is 5.95 Å². The zero-order chi connectivity index (χ0) is 20.6. The third-order valence-electron chi connectivity index (χ3n) is 4.37. The van der Waals surface area contributed by atoms with Gasteiger partial charge in [0.1, 0.15) is 17.5 Å². The Hall–Kier alpha value is -3.62. The molecule has 2 aromatic heterocycles. The second kappa shape index (κ2) is 7.08. The molecular formula is C20H17F3N6. The molecule has 0 amide bonds. The van der Waals surface area contributed by atoms with Crippen molar-refractivity contribution < 1.29 is 13.2 Å². The van der Waals surface area contributed by atoms with Crippen molar-refractivity contribution in [1.29, 1.82) is 0 Å². The number of halogens is 3. The minimum Gasteiger partial charge on any atom is -0.383 e. The predicted octanol–water partition coefficient (Wildman–Crippen LogP) is 4.72. The monoisotopic (exact) mass is 398 g/mol. The van der Waals surface area contributed by atoms with E-state index in [1.807, 2.05) is 35.8 Å². The lowest BCUT2D eigenvalue weighted by molar-refractivity contribution is -0.137. The molecule has 4 rings (SSSR count). The molecule has 0 atom stereocenters. The number of anilines is 3. The van der Waals surface area contributed by atoms with Crippen LogP contribution in [0.4, 0.5) is 30.5 Å². The van der Waals surface area contributed by atoms with Crippen molar-refractivity contribution >= 4 is 28.4 Å². The van der Waals surface area contributed by atoms with Crippen molar-refractivity contribution in [2.75, 3.05) is 11.1 Å². The summed E-state index contributed by atoms with van der Waals surface area (Å²) in [6.45, 7) is 1.98. The summed E-state index contributed by atoms with van der Waals surface area (Å²) >= 11 is 0. The fourth-order valence-electron chi connectivity index (χ4n) is 3.04. The summed E-state index contributed by atoms with van der Waals surface area (Å²) in [7, 11) is 0. The molecule has 0 bridgehead atoms. The number of nitrogen functional groups attached to an aromatic ring is 1. The van der Waals surface area contributed by atoms with Crippen molar-refractivity contribution in [2.24, 2.45) is 0 Å². The van der Waals surface area contributed by atoms with Crippen LogP contribution in [0.25, 0.3) is 17.0 Å². The molecule has 148 valence electrons. The summed E-state index contributed by atoms with van der Waals surface area (Å²) in [5.74, 6) is 1.71. The van der Waals surface area contributed by atoms with E-state index in [1.165, 1.54) is 18.2 Å². The zero-order valence-corrected chi connectivity index (χ0v) is 15.4. The van der Waals surface area contributed by atoms with E-state index in [9.17, 15) is 13.2 Å². The van der Waals surface area contributed by atoms with Crippen LogP contribution in [-0.2, 0) is 12.6 Å². The number of hydrogen-bond acceptors (Lipinski definition) is 5. The molecule has 0 aliphatic rings. The maximum absolute atomic E-state index is 12.7. The standard InChI is InChI=1S/C20H17F3N6/c1-2-18-26-14-5-3-4-6-15(14)29(18)19-27-16(24)11-17(28-19)25-13-9-7-12(8-10-13)20(21,22)23/h3-11H,2H2,1H3,(H3,24,25,27,28). The molecule has 3 N–H and O–H groups in total. The van der Waals surface area contributed by atoms with Gasteiger partial charge in [0, 0.05) is 18.2 Å². The number of fused-ring (bicyclic) bond motifs is 1. The first kappa shape index (κ1) is 18.7. The number of imidazole rings is 1. The third-order valence-corrected chi connectivity index (χ3v) is 4.37. The van der Waals surface area contributed by atoms with Crippen molar-refractivity contribution in [2.45, 2.75) is 19.5 Å². The van der Waals surface area contributed by atoms with Gasteiger partial charge >= 0.3 is 6.18 Å². The molecule has 0 radical (unpaired) electrons. The van der Waals surface area contributed by atoms with Gasteiger partial charge in [-0.3, -0.25) is 4.57 Å². The average molecular weight is 398 g/mol. The van der Waals surface area contributed by atoms with Crippen LogP contribution in [0.2, 0.25) is 0 Å². The van der Waals surface area contributed by atoms with Crippen LogP contribution in [0, 0.1) is 0 Å². The molecular weight excluding hydrogens is 381 g/mol. The lowest BCUT2D eigenvalue weighted by atomic mass is 10.2. The average Bonchev–Trinajstić information content (AvgIpc) is 3.06. The largest absolute Gasteiger partial charge is 0.416 e. The van der Waals surface area contributed by atoms with Crippen LogP contribution in [0.5, 0.6) is 0 Å². The summed E-state index contributed by atoms with van der Waals surface area (Å²) in [4.78, 5) is 13.4. The van der Waals surface area contributed by atoms with Gasteiger partial charge in [0.05, 0.1) is 16.6 Å². The fraction of sp³-hybridized carbons (Fsp3) is 0.150. The van der Waals surface area contributed by atoms with Crippen molar-refractivity contribution in [3.8, 4) is 5.95 Å². The van der Waals surface area contributed by atoms with Crippen molar-refractivity contribution in [1.82, 2.24) is 19.5 Å². The Kier molecular flexibility index (Phi) is 4.57. The molecule has 6 nitrogen and oxygen atoms in total. The maximum atomic E-state index is 12.7. The van der Waals surface area contributed by atoms with Gasteiger partial charge in [-0.1, -0.05) is 19.1 Å². The second-order valence-corrected chi connectivity index (χ2v) is 6.38. The summed E-state index contributed by atoms with van der Waals surface area (Å²) in [5.41, 5.74) is 7.35. The first-order valence-electron chi connectivity index (χ1n) is 8.90. The molecule has 0 saturated heterocycles. The number of nitrogens with zero attached hydrogens (tertiary/aromatic N) is 4. The van der Waals surface area contributed by atoms with E-state index < -0.39 is 11.7 Å². The maximum Gasteiger partial charge on any atom is 0.416 e. The molecule has 0 aliphatic carbocycles. The Morgan fingerprint density at radius 2 is 1.72 bits per heavy atom. The molecule has 0 spiro atoms. The van der Waals surface area contributed by atoms with Gasteiger partial charge in [-0.15, -0.1) is 0 Å². The first-order valence-corrected chi connectivity index (χ1v) is 8.90. The van der Waals surface area contributed by atoms with Crippen molar-refractivity contribution in [3.05, 3.63) is 66.0 Å². The number of alkyl halides is 3. The molecule has 9 heteroatoms. The minimum absolute atomic E-state index is 0.226. The summed E-state index contributed by atoms with van der Waals surface area (Å²) < 4.78 is 40.0. The Labute approximate surface area is 164 Å². The first-order chi connectivity index (χ1) is 13.8. The summed E-state index contributed by atoms with van der Waals surface area (Å²) in [6, 6.07) is 13.8. The highest BCUT2D eigenvalue weighted by atomic mass is 19.4. The normalized spacial score (nSPS) is 11.7. The number of hydrogen-bond donors (Lipinski definition) is 2. The smallest absolute Gasteiger partial charge is 0.383 e. The topological polar surface area (TPSA) is 81.7 Å². The van der Waals surface area contributed by atoms with Crippen LogP contribution in [0.3, 0.4) is 0 Å². The Balaban J connectivity index is 1.72. The molecule has 4 aromatic rings. The number of nitrogens with one attached hydrogen (secondary N) is 1. The molecule has 0 unspecified atom stereocenters. The van der Waals surface area contributed by atoms with E-state index in [1.54, 1.807) is 0 Å². The molecule has 2 aromatic carbocycles. The lowest BCUT2D eigenvalue weighted by Gasteiger charge is -2.12. The Bertz CT molecular complexity index is 1170. The molecule has 29 heavy (non-hydrogen) atoms. The third kappa shape index (κ3) is 3.71. The van der Waals surface area contributed by atoms with Crippen molar-refractivity contribution in [3.63, 3.8) is 0 Å². The molecule has 0 fully saturated rings. The SMILES string of the molecule is CCc1nc2ccccc2n1-c1nc(N)cc(Nc2ccc(C(F)(F)F)cc2)n1. The van der Waals surface area contributed by atoms with Crippen LogP contribution in [0.1, 0.15) is 18.3 Å².